The van der Waals surface area contributed by atoms with E-state index in [1.165, 1.54) is 6.08 Å². The molecule has 3 amide bonds. The summed E-state index contributed by atoms with van der Waals surface area (Å²) in [5.74, 6) is -1.45. The van der Waals surface area contributed by atoms with E-state index in [1.54, 1.807) is 45.0 Å². The van der Waals surface area contributed by atoms with E-state index in [2.05, 4.69) is 19.2 Å². The normalized spacial score (nSPS) is 15.2. The molecule has 1 N–H and O–H groups in total. The van der Waals surface area contributed by atoms with Crippen LogP contribution in [0.5, 0.6) is 0 Å². The Morgan fingerprint density at radius 3 is 2.17 bits per heavy atom. The lowest BCUT2D eigenvalue weighted by Crippen LogP contribution is -2.40. The number of unbranched alkanes of at least 4 members (excludes halogenated alkanes) is 1. The number of rotatable bonds is 14. The van der Waals surface area contributed by atoms with Crippen LogP contribution >= 0.6 is 0 Å². The maximum absolute atomic E-state index is 16.1. The summed E-state index contributed by atoms with van der Waals surface area (Å²) >= 11 is 0. The molecule has 0 spiro atoms. The molecular formula is C33H43FN2O5. The SMILES string of the molecule is CC(C)CC(/C=C(\F)C(CCCCNC(=O)OC(C)(C)C)N1C(=O)c2ccccc2C1=O)COCc1ccccc1. The minimum atomic E-state index is -1.05. The molecule has 41 heavy (non-hydrogen) atoms. The molecule has 8 heteroatoms. The molecule has 2 aromatic carbocycles. The predicted octanol–water partition coefficient (Wildman–Crippen LogP) is 7.08. The van der Waals surface area contributed by atoms with E-state index in [9.17, 15) is 14.4 Å². The number of amides is 3. The van der Waals surface area contributed by atoms with Gasteiger partial charge in [0.15, 0.2) is 0 Å². The maximum atomic E-state index is 16.1. The smallest absolute Gasteiger partial charge is 0.407 e. The number of alkyl carbamates (subject to hydrolysis) is 1. The quantitative estimate of drug-likeness (QED) is 0.195. The average Bonchev–Trinajstić information content (AvgIpc) is 3.15. The second-order valence-electron chi connectivity index (χ2n) is 11.9. The number of ether oxygens (including phenoxy) is 2. The molecule has 0 aliphatic carbocycles. The molecule has 222 valence electrons. The lowest BCUT2D eigenvalue weighted by molar-refractivity contribution is 0.0526. The van der Waals surface area contributed by atoms with Gasteiger partial charge in [-0.25, -0.2) is 9.18 Å². The number of nitrogens with one attached hydrogen (secondary N) is 1. The van der Waals surface area contributed by atoms with Gasteiger partial charge in [-0.05, 0) is 76.1 Å². The fourth-order valence-electron chi connectivity index (χ4n) is 4.88. The second kappa shape index (κ2) is 14.9. The first-order chi connectivity index (χ1) is 19.5. The molecule has 0 fully saturated rings. The number of nitrogens with zero attached hydrogens (tertiary/aromatic N) is 1. The minimum Gasteiger partial charge on any atom is -0.444 e. The summed E-state index contributed by atoms with van der Waals surface area (Å²) in [5, 5.41) is 2.70. The monoisotopic (exact) mass is 566 g/mol. The van der Waals surface area contributed by atoms with Gasteiger partial charge in [0.1, 0.15) is 11.4 Å². The lowest BCUT2D eigenvalue weighted by Gasteiger charge is -2.26. The van der Waals surface area contributed by atoms with Crippen LogP contribution in [0.4, 0.5) is 9.18 Å². The van der Waals surface area contributed by atoms with E-state index in [1.807, 2.05) is 30.3 Å². The zero-order chi connectivity index (χ0) is 30.0. The summed E-state index contributed by atoms with van der Waals surface area (Å²) in [6.45, 7) is 10.5. The van der Waals surface area contributed by atoms with Crippen LogP contribution in [0.2, 0.25) is 0 Å². The van der Waals surface area contributed by atoms with E-state index in [0.717, 1.165) is 10.5 Å². The standard InChI is InChI=1S/C33H43FN2O5/c1-23(2)19-25(22-40-21-24-13-7-6-8-14-24)20-28(34)29(17-11-12-18-35-32(39)41-33(3,4)5)36-30(37)26-15-9-10-16-27(26)31(36)38/h6-10,13-16,20,23,25,29H,11-12,17-19,21-22H2,1-5H3,(H,35,39)/b28-20-. The molecule has 7 nitrogen and oxygen atoms in total. The van der Waals surface area contributed by atoms with E-state index >= 15 is 4.39 Å². The van der Waals surface area contributed by atoms with Crippen molar-refractivity contribution in [3.8, 4) is 0 Å². The molecule has 0 saturated carbocycles. The van der Waals surface area contributed by atoms with Crippen molar-refractivity contribution in [2.45, 2.75) is 78.6 Å². The first kappa shape index (κ1) is 32.0. The number of hydrogen-bond donors (Lipinski definition) is 1. The summed E-state index contributed by atoms with van der Waals surface area (Å²) in [6, 6.07) is 15.3. The van der Waals surface area contributed by atoms with E-state index in [0.29, 0.717) is 44.9 Å². The largest absolute Gasteiger partial charge is 0.444 e. The number of hydrogen-bond acceptors (Lipinski definition) is 5. The molecule has 2 atom stereocenters. The summed E-state index contributed by atoms with van der Waals surface area (Å²) in [6.07, 6.45) is 2.93. The maximum Gasteiger partial charge on any atom is 0.407 e. The Bertz CT molecular complexity index is 1170. The summed E-state index contributed by atoms with van der Waals surface area (Å²) < 4.78 is 27.3. The second-order valence-corrected chi connectivity index (χ2v) is 11.9. The highest BCUT2D eigenvalue weighted by molar-refractivity contribution is 6.21. The van der Waals surface area contributed by atoms with Gasteiger partial charge in [-0.2, -0.15) is 0 Å². The third-order valence-electron chi connectivity index (χ3n) is 6.64. The van der Waals surface area contributed by atoms with Crippen LogP contribution in [0.25, 0.3) is 0 Å². The topological polar surface area (TPSA) is 84.9 Å². The molecule has 0 bridgehead atoms. The molecule has 0 aromatic heterocycles. The predicted molar refractivity (Wildman–Crippen MR) is 157 cm³/mol. The molecule has 1 aliphatic rings. The van der Waals surface area contributed by atoms with Gasteiger partial charge >= 0.3 is 6.09 Å². The van der Waals surface area contributed by atoms with Crippen molar-refractivity contribution in [3.05, 3.63) is 83.2 Å². The van der Waals surface area contributed by atoms with E-state index < -0.39 is 35.4 Å². The third-order valence-corrected chi connectivity index (χ3v) is 6.64. The minimum absolute atomic E-state index is 0.225. The van der Waals surface area contributed by atoms with Gasteiger partial charge in [-0.15, -0.1) is 0 Å². The number of benzene rings is 2. The Morgan fingerprint density at radius 2 is 1.59 bits per heavy atom. The van der Waals surface area contributed by atoms with Gasteiger partial charge < -0.3 is 14.8 Å². The zero-order valence-electron chi connectivity index (χ0n) is 24.8. The lowest BCUT2D eigenvalue weighted by atomic mass is 9.95. The number of halogens is 1. The Labute approximate surface area is 243 Å². The molecule has 1 heterocycles. The summed E-state index contributed by atoms with van der Waals surface area (Å²) in [4.78, 5) is 39.5. The van der Waals surface area contributed by atoms with Gasteiger partial charge in [0.05, 0.1) is 30.4 Å². The first-order valence-corrected chi connectivity index (χ1v) is 14.4. The Morgan fingerprint density at radius 1 is 0.976 bits per heavy atom. The van der Waals surface area contributed by atoms with Crippen molar-refractivity contribution >= 4 is 17.9 Å². The highest BCUT2D eigenvalue weighted by Crippen LogP contribution is 2.31. The molecule has 0 saturated heterocycles. The van der Waals surface area contributed by atoms with Crippen molar-refractivity contribution in [1.82, 2.24) is 10.2 Å². The fourth-order valence-corrected chi connectivity index (χ4v) is 4.88. The van der Waals surface area contributed by atoms with Crippen molar-refractivity contribution in [2.24, 2.45) is 11.8 Å². The summed E-state index contributed by atoms with van der Waals surface area (Å²) in [5.41, 5.74) is 0.995. The Hall–Kier alpha value is -3.52. The average molecular weight is 567 g/mol. The van der Waals surface area contributed by atoms with E-state index in [-0.39, 0.29) is 23.5 Å². The Kier molecular flexibility index (Phi) is 11.6. The third kappa shape index (κ3) is 9.81. The number of carbonyl (C=O) groups excluding carboxylic acids is 3. The molecule has 0 radical (unpaired) electrons. The van der Waals surface area contributed by atoms with Gasteiger partial charge in [0.25, 0.3) is 11.8 Å². The zero-order valence-corrected chi connectivity index (χ0v) is 24.8. The van der Waals surface area contributed by atoms with Crippen LogP contribution in [0.1, 0.15) is 86.6 Å². The molecule has 1 aliphatic heterocycles. The fraction of sp³-hybridized carbons (Fsp3) is 0.485. The van der Waals surface area contributed by atoms with Crippen LogP contribution in [0, 0.1) is 11.8 Å². The van der Waals surface area contributed by atoms with Crippen molar-refractivity contribution in [2.75, 3.05) is 13.2 Å². The van der Waals surface area contributed by atoms with Crippen LogP contribution < -0.4 is 5.32 Å². The van der Waals surface area contributed by atoms with Crippen LogP contribution in [0.3, 0.4) is 0 Å². The highest BCUT2D eigenvalue weighted by atomic mass is 19.1. The molecular weight excluding hydrogens is 523 g/mol. The van der Waals surface area contributed by atoms with Gasteiger partial charge in [-0.3, -0.25) is 14.5 Å². The van der Waals surface area contributed by atoms with E-state index in [4.69, 9.17) is 9.47 Å². The van der Waals surface area contributed by atoms with Gasteiger partial charge in [-0.1, -0.05) is 56.3 Å². The first-order valence-electron chi connectivity index (χ1n) is 14.4. The van der Waals surface area contributed by atoms with Gasteiger partial charge in [0.2, 0.25) is 0 Å². The van der Waals surface area contributed by atoms with Crippen LogP contribution in [-0.4, -0.2) is 47.6 Å². The van der Waals surface area contributed by atoms with Crippen LogP contribution in [0.15, 0.2) is 66.5 Å². The number of fused-ring (bicyclic) bond motifs is 1. The van der Waals surface area contributed by atoms with Crippen LogP contribution in [-0.2, 0) is 16.1 Å². The number of carbonyl (C=O) groups is 3. The summed E-state index contributed by atoms with van der Waals surface area (Å²) in [7, 11) is 0. The van der Waals surface area contributed by atoms with Gasteiger partial charge in [0, 0.05) is 12.5 Å². The van der Waals surface area contributed by atoms with Crippen molar-refractivity contribution in [3.63, 3.8) is 0 Å². The molecule has 3 rings (SSSR count). The molecule has 2 unspecified atom stereocenters. The highest BCUT2D eigenvalue weighted by Gasteiger charge is 2.41. The van der Waals surface area contributed by atoms with Crippen molar-refractivity contribution in [1.29, 1.82) is 0 Å². The number of imide groups is 1. The Balaban J connectivity index is 1.73. The molecule has 2 aromatic rings. The van der Waals surface area contributed by atoms with Crippen molar-refractivity contribution < 1.29 is 28.2 Å².